The Morgan fingerprint density at radius 1 is 0.979 bits per heavy atom. The van der Waals surface area contributed by atoms with Crippen LogP contribution in [0, 0.1) is 5.41 Å². The minimum atomic E-state index is -3.97. The normalized spacial score (nSPS) is 24.0. The van der Waals surface area contributed by atoms with Gasteiger partial charge >= 0.3 is 10.2 Å². The number of carbonyl (C=O) groups excluding carboxylic acids is 2. The average molecular weight is 674 g/mol. The number of aromatic nitrogens is 1. The first-order chi connectivity index (χ1) is 23.1. The van der Waals surface area contributed by atoms with Gasteiger partial charge in [0, 0.05) is 48.7 Å². The molecule has 1 aromatic heterocycles. The summed E-state index contributed by atoms with van der Waals surface area (Å²) in [6.45, 7) is 1.45. The van der Waals surface area contributed by atoms with Gasteiger partial charge in [0.05, 0.1) is 24.4 Å². The first-order valence-corrected chi connectivity index (χ1v) is 19.2. The van der Waals surface area contributed by atoms with Gasteiger partial charge in [-0.1, -0.05) is 25.3 Å². The summed E-state index contributed by atoms with van der Waals surface area (Å²) in [6.07, 6.45) is 11.3. The molecule has 0 radical (unpaired) electrons. The molecule has 1 N–H and O–H groups in total. The molecule has 3 saturated carbocycles. The van der Waals surface area contributed by atoms with Gasteiger partial charge in [0.25, 0.3) is 5.91 Å². The largest absolute Gasteiger partial charge is 0.497 e. The van der Waals surface area contributed by atoms with Crippen molar-refractivity contribution in [2.24, 2.45) is 5.41 Å². The van der Waals surface area contributed by atoms with Crippen LogP contribution < -0.4 is 9.46 Å². The number of rotatable bonds is 10. The Balaban J connectivity index is 1.25. The van der Waals surface area contributed by atoms with Crippen molar-refractivity contribution in [3.05, 3.63) is 53.6 Å². The minimum absolute atomic E-state index is 0.0574. The molecule has 2 aromatic carbocycles. The number of fused-ring (bicyclic) bond motifs is 3. The van der Waals surface area contributed by atoms with Crippen molar-refractivity contribution in [1.82, 2.24) is 23.4 Å². The highest BCUT2D eigenvalue weighted by atomic mass is 32.2. The van der Waals surface area contributed by atoms with Gasteiger partial charge in [-0.2, -0.15) is 12.7 Å². The van der Waals surface area contributed by atoms with E-state index < -0.39 is 21.5 Å². The molecule has 0 spiro atoms. The number of nitrogens with zero attached hydrogens (tertiary/aromatic N) is 4. The number of hydrogen-bond acceptors (Lipinski definition) is 6. The van der Waals surface area contributed by atoms with Crippen molar-refractivity contribution in [3.63, 3.8) is 0 Å². The van der Waals surface area contributed by atoms with Crippen LogP contribution in [0.5, 0.6) is 5.75 Å². The molecule has 2 unspecified atom stereocenters. The fourth-order valence-corrected chi connectivity index (χ4v) is 9.93. The predicted octanol–water partition coefficient (Wildman–Crippen LogP) is 5.48. The second-order valence-corrected chi connectivity index (χ2v) is 16.7. The highest BCUT2D eigenvalue weighted by Crippen LogP contribution is 2.54. The predicted molar refractivity (Wildman–Crippen MR) is 185 cm³/mol. The van der Waals surface area contributed by atoms with Gasteiger partial charge in [-0.25, -0.2) is 4.72 Å². The Morgan fingerprint density at radius 3 is 2.31 bits per heavy atom. The maximum absolute atomic E-state index is 14.5. The van der Waals surface area contributed by atoms with Crippen LogP contribution in [0.4, 0.5) is 0 Å². The van der Waals surface area contributed by atoms with Crippen LogP contribution in [-0.4, -0.2) is 84.9 Å². The molecule has 3 aromatic rings. The molecule has 3 heterocycles. The lowest BCUT2D eigenvalue weighted by atomic mass is 9.81. The van der Waals surface area contributed by atoms with Gasteiger partial charge in [0.1, 0.15) is 5.75 Å². The highest BCUT2D eigenvalue weighted by molar-refractivity contribution is 7.87. The van der Waals surface area contributed by atoms with Crippen LogP contribution in [0.15, 0.2) is 42.5 Å². The number of likely N-dealkylation sites (tertiary alicyclic amines) is 1. The summed E-state index contributed by atoms with van der Waals surface area (Å²) in [5.41, 5.74) is 4.09. The quantitative estimate of drug-likeness (QED) is 0.306. The average Bonchev–Trinajstić information content (AvgIpc) is 4.00. The van der Waals surface area contributed by atoms with Gasteiger partial charge in [0.15, 0.2) is 0 Å². The molecule has 48 heavy (non-hydrogen) atoms. The van der Waals surface area contributed by atoms with Crippen LogP contribution in [0.1, 0.15) is 92.5 Å². The zero-order valence-electron chi connectivity index (χ0n) is 28.3. The van der Waals surface area contributed by atoms with Crippen molar-refractivity contribution in [2.45, 2.75) is 101 Å². The third-order valence-corrected chi connectivity index (χ3v) is 13.4. The van der Waals surface area contributed by atoms with Crippen LogP contribution >= 0.6 is 0 Å². The van der Waals surface area contributed by atoms with Crippen molar-refractivity contribution in [2.75, 3.05) is 27.7 Å². The molecule has 3 aliphatic carbocycles. The Labute approximate surface area is 283 Å². The lowest BCUT2D eigenvalue weighted by Gasteiger charge is -2.29. The molecule has 11 heteroatoms. The third kappa shape index (κ3) is 5.42. The van der Waals surface area contributed by atoms with Crippen molar-refractivity contribution >= 4 is 32.9 Å². The van der Waals surface area contributed by atoms with E-state index in [1.807, 2.05) is 24.3 Å². The molecule has 5 aliphatic rings. The topological polar surface area (TPSA) is 104 Å². The van der Waals surface area contributed by atoms with Gasteiger partial charge in [-0.05, 0) is 112 Å². The number of ether oxygens (including phenoxy) is 1. The van der Waals surface area contributed by atoms with Crippen molar-refractivity contribution in [3.8, 4) is 17.0 Å². The first-order valence-electron chi connectivity index (χ1n) is 17.7. The van der Waals surface area contributed by atoms with Gasteiger partial charge in [-0.3, -0.25) is 14.5 Å². The number of methoxy groups -OCH3 is 1. The Hall–Kier alpha value is -3.41. The van der Waals surface area contributed by atoms with E-state index in [0.717, 1.165) is 85.8 Å². The van der Waals surface area contributed by atoms with Crippen LogP contribution in [0.3, 0.4) is 0 Å². The molecule has 8 rings (SSSR count). The molecule has 2 aliphatic heterocycles. The SMILES string of the molecule is COc1ccc(-c2c(C3CCCCC3)c3ccc(C(=O)NS(=O)(=O)N(C)C4CC4)cc3n2CC2(C(=O)N3C4CCC3N(C)C4)CC2)cc1. The lowest BCUT2D eigenvalue weighted by Crippen LogP contribution is -2.44. The fraction of sp³-hybridized carbons (Fsp3) is 0.568. The molecule has 10 nitrogen and oxygen atoms in total. The van der Waals surface area contributed by atoms with E-state index in [2.05, 4.69) is 38.3 Å². The van der Waals surface area contributed by atoms with E-state index in [-0.39, 0.29) is 24.2 Å². The number of likely N-dealkylation sites (N-methyl/N-ethyl adjacent to an activating group) is 1. The van der Waals surface area contributed by atoms with E-state index in [1.165, 1.54) is 36.2 Å². The second kappa shape index (κ2) is 11.9. The molecular weight excluding hydrogens is 627 g/mol. The number of carbonyl (C=O) groups is 2. The molecule has 2 amide bonds. The third-order valence-electron chi connectivity index (χ3n) is 11.9. The molecule has 2 saturated heterocycles. The van der Waals surface area contributed by atoms with Crippen molar-refractivity contribution < 1.29 is 22.7 Å². The van der Waals surface area contributed by atoms with E-state index in [0.29, 0.717) is 18.0 Å². The Bertz CT molecular complexity index is 1860. The van der Waals surface area contributed by atoms with Gasteiger partial charge in [0.2, 0.25) is 5.91 Å². The van der Waals surface area contributed by atoms with E-state index >= 15 is 0 Å². The molecule has 2 atom stereocenters. The number of piperidine rings is 1. The number of benzene rings is 2. The summed E-state index contributed by atoms with van der Waals surface area (Å²) in [6, 6.07) is 14.0. The Morgan fingerprint density at radius 2 is 1.71 bits per heavy atom. The van der Waals surface area contributed by atoms with E-state index in [1.54, 1.807) is 13.2 Å². The van der Waals surface area contributed by atoms with Crippen LogP contribution in [0.25, 0.3) is 22.2 Å². The molecular formula is C37H47N5O5S. The smallest absolute Gasteiger partial charge is 0.304 e. The summed E-state index contributed by atoms with van der Waals surface area (Å²) in [5, 5.41) is 1.08. The second-order valence-electron chi connectivity index (χ2n) is 15.0. The number of amides is 2. The maximum Gasteiger partial charge on any atom is 0.304 e. The maximum atomic E-state index is 14.5. The summed E-state index contributed by atoms with van der Waals surface area (Å²) in [7, 11) is 1.35. The van der Waals surface area contributed by atoms with Crippen LogP contribution in [0.2, 0.25) is 0 Å². The monoisotopic (exact) mass is 673 g/mol. The number of nitrogens with one attached hydrogen (secondary N) is 1. The minimum Gasteiger partial charge on any atom is -0.497 e. The molecule has 2 bridgehead atoms. The van der Waals surface area contributed by atoms with Gasteiger partial charge in [-0.15, -0.1) is 0 Å². The molecule has 256 valence electrons. The first kappa shape index (κ1) is 31.8. The standard InChI is InChI=1S/C37H47N5O5S/c1-39-22-28-14-18-32(39)42(28)36(44)37(19-20-37)23-41-31-21-26(35(43)38-48(45,46)40(2)27-12-13-27)11-17-30(31)33(24-7-5-4-6-8-24)34(41)25-9-15-29(47-3)16-10-25/h9-11,15-17,21,24,27-28,32H,4-8,12-14,18-20,22-23H2,1-3H3,(H,38,43). The zero-order chi connectivity index (χ0) is 33.4. The summed E-state index contributed by atoms with van der Waals surface area (Å²) >= 11 is 0. The zero-order valence-corrected chi connectivity index (χ0v) is 29.1. The fourth-order valence-electron chi connectivity index (χ4n) is 8.83. The highest BCUT2D eigenvalue weighted by Gasteiger charge is 2.57. The molecule has 5 fully saturated rings. The van der Waals surface area contributed by atoms with E-state index in [4.69, 9.17) is 4.74 Å². The number of hydrogen-bond donors (Lipinski definition) is 1. The summed E-state index contributed by atoms with van der Waals surface area (Å²) in [4.78, 5) is 32.6. The summed E-state index contributed by atoms with van der Waals surface area (Å²) in [5.74, 6) is 0.737. The van der Waals surface area contributed by atoms with Gasteiger partial charge < -0.3 is 14.2 Å². The summed E-state index contributed by atoms with van der Waals surface area (Å²) < 4.78 is 37.5. The van der Waals surface area contributed by atoms with Crippen LogP contribution in [-0.2, 0) is 21.5 Å². The van der Waals surface area contributed by atoms with Crippen molar-refractivity contribution in [1.29, 1.82) is 0 Å². The van der Waals surface area contributed by atoms with E-state index in [9.17, 15) is 18.0 Å². The Kier molecular flexibility index (Phi) is 7.88. The lowest BCUT2D eigenvalue weighted by molar-refractivity contribution is -0.139.